The number of carbonyl (C=O) groups excluding carboxylic acids is 2. The summed E-state index contributed by atoms with van der Waals surface area (Å²) in [5.41, 5.74) is 0. The molecule has 3 aliphatic rings. The molecule has 1 N–H and O–H groups in total. The lowest BCUT2D eigenvalue weighted by atomic mass is 10.5. The molecule has 3 heteroatoms. The molecule has 0 saturated heterocycles. The Kier molecular flexibility index (Phi) is 6.11. The summed E-state index contributed by atoms with van der Waals surface area (Å²) in [6, 6.07) is 0. The predicted octanol–water partition coefficient (Wildman–Crippen LogP) is 2.20. The van der Waals surface area contributed by atoms with E-state index >= 15 is 0 Å². The summed E-state index contributed by atoms with van der Waals surface area (Å²) in [5.74, 6) is -0.657. The first-order valence-corrected chi connectivity index (χ1v) is 5.45. The molecular formula is C14H15NO2. The minimum atomic E-state index is -0.329. The maximum atomic E-state index is 10.0. The van der Waals surface area contributed by atoms with E-state index in [0.29, 0.717) is 0 Å². The van der Waals surface area contributed by atoms with E-state index in [0.717, 1.165) is 12.8 Å². The molecule has 2 aliphatic carbocycles. The normalized spacial score (nSPS) is 17.6. The number of carbonyl (C=O) groups is 2. The molecule has 17 heavy (non-hydrogen) atoms. The molecule has 0 aromatic carbocycles. The van der Waals surface area contributed by atoms with Gasteiger partial charge in [0.1, 0.15) is 0 Å². The van der Waals surface area contributed by atoms with Gasteiger partial charge in [0.15, 0.2) is 0 Å². The van der Waals surface area contributed by atoms with Gasteiger partial charge < -0.3 is 0 Å². The lowest BCUT2D eigenvalue weighted by Crippen LogP contribution is -2.19. The molecule has 88 valence electrons. The first-order valence-electron chi connectivity index (χ1n) is 5.45. The van der Waals surface area contributed by atoms with Crippen molar-refractivity contribution in [1.29, 1.82) is 0 Å². The van der Waals surface area contributed by atoms with Crippen LogP contribution in [0.3, 0.4) is 0 Å². The first kappa shape index (κ1) is 12.9. The molecule has 0 aromatic rings. The maximum Gasteiger partial charge on any atom is 0.250 e. The quantitative estimate of drug-likeness (QED) is 0.647. The fraction of sp³-hybridized carbons (Fsp3) is 0.143. The third kappa shape index (κ3) is 6.84. The van der Waals surface area contributed by atoms with Crippen LogP contribution in [-0.2, 0) is 9.59 Å². The topological polar surface area (TPSA) is 46.2 Å². The molecule has 3 rings (SSSR count). The van der Waals surface area contributed by atoms with Crippen LogP contribution < -0.4 is 5.32 Å². The summed E-state index contributed by atoms with van der Waals surface area (Å²) < 4.78 is 0. The van der Waals surface area contributed by atoms with E-state index in [4.69, 9.17) is 0 Å². The van der Waals surface area contributed by atoms with Gasteiger partial charge in [0.05, 0.1) is 0 Å². The van der Waals surface area contributed by atoms with Gasteiger partial charge in [-0.25, -0.2) is 0 Å². The van der Waals surface area contributed by atoms with Crippen molar-refractivity contribution < 1.29 is 9.59 Å². The molecule has 0 radical (unpaired) electrons. The molecule has 0 fully saturated rings. The molecule has 3 nitrogen and oxygen atoms in total. The van der Waals surface area contributed by atoms with E-state index in [-0.39, 0.29) is 11.8 Å². The number of imide groups is 1. The van der Waals surface area contributed by atoms with E-state index < -0.39 is 0 Å². The van der Waals surface area contributed by atoms with Crippen molar-refractivity contribution >= 4 is 11.8 Å². The van der Waals surface area contributed by atoms with Crippen molar-refractivity contribution in [3.63, 3.8) is 0 Å². The number of rotatable bonds is 0. The highest BCUT2D eigenvalue weighted by molar-refractivity contribution is 6.12. The second kappa shape index (κ2) is 8.05. The third-order valence-electron chi connectivity index (χ3n) is 1.94. The van der Waals surface area contributed by atoms with Crippen molar-refractivity contribution in [1.82, 2.24) is 5.32 Å². The molecule has 0 saturated carbocycles. The SMILES string of the molecule is C1=CCC=C1.C1=CCC=C1.O=C1C=CC(=O)N1. The van der Waals surface area contributed by atoms with Gasteiger partial charge in [0.25, 0.3) is 11.8 Å². The zero-order valence-corrected chi connectivity index (χ0v) is 9.50. The predicted molar refractivity (Wildman–Crippen MR) is 68.1 cm³/mol. The van der Waals surface area contributed by atoms with Crippen molar-refractivity contribution in [3.8, 4) is 0 Å². The van der Waals surface area contributed by atoms with Crippen LogP contribution in [0.15, 0.2) is 60.8 Å². The van der Waals surface area contributed by atoms with Gasteiger partial charge in [-0.05, 0) is 12.8 Å². The van der Waals surface area contributed by atoms with Crippen LogP contribution in [0.2, 0.25) is 0 Å². The Labute approximate surface area is 101 Å². The van der Waals surface area contributed by atoms with E-state index in [1.54, 1.807) is 0 Å². The Morgan fingerprint density at radius 1 is 0.706 bits per heavy atom. The van der Waals surface area contributed by atoms with Crippen LogP contribution in [0.5, 0.6) is 0 Å². The summed E-state index contributed by atoms with van der Waals surface area (Å²) in [6.45, 7) is 0. The van der Waals surface area contributed by atoms with Crippen molar-refractivity contribution in [2.45, 2.75) is 12.8 Å². The summed E-state index contributed by atoms with van der Waals surface area (Å²) in [7, 11) is 0. The largest absolute Gasteiger partial charge is 0.289 e. The Morgan fingerprint density at radius 3 is 1.18 bits per heavy atom. The van der Waals surface area contributed by atoms with E-state index in [9.17, 15) is 9.59 Å². The van der Waals surface area contributed by atoms with Crippen LogP contribution in [-0.4, -0.2) is 11.8 Å². The molecular weight excluding hydrogens is 214 g/mol. The van der Waals surface area contributed by atoms with Crippen LogP contribution in [0.25, 0.3) is 0 Å². The molecule has 0 atom stereocenters. The lowest BCUT2D eigenvalue weighted by molar-refractivity contribution is -0.123. The van der Waals surface area contributed by atoms with Gasteiger partial charge in [-0.15, -0.1) is 0 Å². The average Bonchev–Trinajstić information content (AvgIpc) is 3.03. The summed E-state index contributed by atoms with van der Waals surface area (Å²) in [4.78, 5) is 20.1. The summed E-state index contributed by atoms with van der Waals surface area (Å²) in [5, 5.41) is 2.03. The Morgan fingerprint density at radius 2 is 1.06 bits per heavy atom. The van der Waals surface area contributed by atoms with Crippen LogP contribution in [0, 0.1) is 0 Å². The molecule has 1 heterocycles. The lowest BCUT2D eigenvalue weighted by Gasteiger charge is -1.80. The highest BCUT2D eigenvalue weighted by Crippen LogP contribution is 1.93. The smallest absolute Gasteiger partial charge is 0.250 e. The van der Waals surface area contributed by atoms with E-state index in [2.05, 4.69) is 48.6 Å². The molecule has 0 bridgehead atoms. The van der Waals surface area contributed by atoms with Gasteiger partial charge in [-0.3, -0.25) is 14.9 Å². The highest BCUT2D eigenvalue weighted by atomic mass is 16.2. The number of allylic oxidation sites excluding steroid dienone is 8. The maximum absolute atomic E-state index is 10.0. The Balaban J connectivity index is 0.000000130. The number of hydrogen-bond donors (Lipinski definition) is 1. The molecule has 0 aromatic heterocycles. The fourth-order valence-electron chi connectivity index (χ4n) is 1.14. The van der Waals surface area contributed by atoms with E-state index in [1.807, 2.05) is 5.32 Å². The van der Waals surface area contributed by atoms with Gasteiger partial charge in [-0.2, -0.15) is 0 Å². The second-order valence-electron chi connectivity index (χ2n) is 3.37. The Hall–Kier alpha value is -2.16. The summed E-state index contributed by atoms with van der Waals surface area (Å²) in [6.07, 6.45) is 21.4. The minimum Gasteiger partial charge on any atom is -0.289 e. The molecule has 1 aliphatic heterocycles. The van der Waals surface area contributed by atoms with Crippen molar-refractivity contribution in [2.24, 2.45) is 0 Å². The second-order valence-corrected chi connectivity index (χ2v) is 3.37. The standard InChI is InChI=1S/2C5H6.C4H3NO2/c2*1-2-4-5-3-1;6-3-1-2-4(7)5-3/h2*1-4H,5H2;1-2H,(H,5,6,7). The van der Waals surface area contributed by atoms with Crippen molar-refractivity contribution in [2.75, 3.05) is 0 Å². The zero-order chi connectivity index (χ0) is 12.3. The van der Waals surface area contributed by atoms with E-state index in [1.165, 1.54) is 12.2 Å². The molecule has 0 unspecified atom stereocenters. The fourth-order valence-corrected chi connectivity index (χ4v) is 1.14. The first-order chi connectivity index (χ1) is 8.29. The molecule has 0 spiro atoms. The highest BCUT2D eigenvalue weighted by Gasteiger charge is 2.06. The van der Waals surface area contributed by atoms with Crippen LogP contribution >= 0.6 is 0 Å². The number of hydrogen-bond acceptors (Lipinski definition) is 2. The van der Waals surface area contributed by atoms with Gasteiger partial charge in [0, 0.05) is 12.2 Å². The average molecular weight is 229 g/mol. The third-order valence-corrected chi connectivity index (χ3v) is 1.94. The van der Waals surface area contributed by atoms with Gasteiger partial charge in [0.2, 0.25) is 0 Å². The minimum absolute atomic E-state index is 0.329. The Bertz CT molecular complexity index is 354. The summed E-state index contributed by atoms with van der Waals surface area (Å²) >= 11 is 0. The van der Waals surface area contributed by atoms with Crippen LogP contribution in [0.4, 0.5) is 0 Å². The zero-order valence-electron chi connectivity index (χ0n) is 9.50. The van der Waals surface area contributed by atoms with Gasteiger partial charge >= 0.3 is 0 Å². The van der Waals surface area contributed by atoms with Crippen molar-refractivity contribution in [3.05, 3.63) is 60.8 Å². The van der Waals surface area contributed by atoms with Crippen LogP contribution in [0.1, 0.15) is 12.8 Å². The molecule has 2 amide bonds. The van der Waals surface area contributed by atoms with Gasteiger partial charge in [-0.1, -0.05) is 48.6 Å². The number of nitrogens with one attached hydrogen (secondary N) is 1. The number of amides is 2. The monoisotopic (exact) mass is 229 g/mol.